The summed E-state index contributed by atoms with van der Waals surface area (Å²) in [5.41, 5.74) is 1.46. The van der Waals surface area contributed by atoms with Gasteiger partial charge in [-0.05, 0) is 63.1 Å². The van der Waals surface area contributed by atoms with Crippen LogP contribution in [-0.4, -0.2) is 13.1 Å². The Bertz CT molecular complexity index is 342. The molecule has 20 heavy (non-hydrogen) atoms. The molecule has 0 radical (unpaired) electrons. The molecule has 1 aromatic rings. The SMILES string of the molecule is CCCNCCCC=C[C@H](C)CCCc1ccccc1. The van der Waals surface area contributed by atoms with E-state index in [0.29, 0.717) is 5.92 Å². The number of allylic oxidation sites excluding steroid dienone is 2. The highest BCUT2D eigenvalue weighted by Gasteiger charge is 1.98. The van der Waals surface area contributed by atoms with Crippen molar-refractivity contribution < 1.29 is 0 Å². The molecule has 1 heteroatoms. The molecule has 1 aromatic carbocycles. The molecule has 0 unspecified atom stereocenters. The molecule has 1 rings (SSSR count). The lowest BCUT2D eigenvalue weighted by Gasteiger charge is -2.06. The highest BCUT2D eigenvalue weighted by Crippen LogP contribution is 2.12. The molecule has 1 atom stereocenters. The van der Waals surface area contributed by atoms with Gasteiger partial charge < -0.3 is 5.32 Å². The third-order valence-corrected chi connectivity index (χ3v) is 3.58. The van der Waals surface area contributed by atoms with E-state index in [9.17, 15) is 0 Å². The van der Waals surface area contributed by atoms with Gasteiger partial charge in [-0.25, -0.2) is 0 Å². The third-order valence-electron chi connectivity index (χ3n) is 3.58. The van der Waals surface area contributed by atoms with E-state index in [1.54, 1.807) is 0 Å². The largest absolute Gasteiger partial charge is 0.317 e. The van der Waals surface area contributed by atoms with E-state index in [1.165, 1.54) is 44.1 Å². The maximum absolute atomic E-state index is 3.44. The standard InChI is InChI=1S/C19H31N/c1-3-16-20-17-9-5-6-11-18(2)12-10-15-19-13-7-4-8-14-19/h4,6-8,11,13-14,18,20H,3,5,9-10,12,15-17H2,1-2H3/t18-/m0/s1. The van der Waals surface area contributed by atoms with Crippen molar-refractivity contribution in [3.8, 4) is 0 Å². The first-order valence-electron chi connectivity index (χ1n) is 8.24. The van der Waals surface area contributed by atoms with Crippen molar-refractivity contribution >= 4 is 0 Å². The Kier molecular flexibility index (Phi) is 9.95. The van der Waals surface area contributed by atoms with Gasteiger partial charge in [0, 0.05) is 0 Å². The Labute approximate surface area is 125 Å². The molecule has 0 spiro atoms. The molecule has 1 nitrogen and oxygen atoms in total. The lowest BCUT2D eigenvalue weighted by Crippen LogP contribution is -2.15. The summed E-state index contributed by atoms with van der Waals surface area (Å²) in [4.78, 5) is 0. The lowest BCUT2D eigenvalue weighted by atomic mass is 10.0. The third kappa shape index (κ3) is 8.92. The maximum atomic E-state index is 3.44. The molecule has 0 aliphatic heterocycles. The van der Waals surface area contributed by atoms with Crippen LogP contribution >= 0.6 is 0 Å². The van der Waals surface area contributed by atoms with Crippen molar-refractivity contribution in [3.05, 3.63) is 48.0 Å². The van der Waals surface area contributed by atoms with Crippen molar-refractivity contribution in [2.75, 3.05) is 13.1 Å². The molecular weight excluding hydrogens is 242 g/mol. The smallest absolute Gasteiger partial charge is 0.00460 e. The van der Waals surface area contributed by atoms with E-state index in [1.807, 2.05) is 0 Å². The van der Waals surface area contributed by atoms with Gasteiger partial charge >= 0.3 is 0 Å². The molecule has 112 valence electrons. The van der Waals surface area contributed by atoms with Crippen molar-refractivity contribution in [2.45, 2.75) is 52.4 Å². The quantitative estimate of drug-likeness (QED) is 0.443. The Balaban J connectivity index is 2.00. The second-order valence-electron chi connectivity index (χ2n) is 5.68. The first kappa shape index (κ1) is 17.0. The van der Waals surface area contributed by atoms with Gasteiger partial charge in [-0.3, -0.25) is 0 Å². The Hall–Kier alpha value is -1.08. The van der Waals surface area contributed by atoms with Gasteiger partial charge in [-0.2, -0.15) is 0 Å². The van der Waals surface area contributed by atoms with Gasteiger partial charge in [0.05, 0.1) is 0 Å². The second-order valence-corrected chi connectivity index (χ2v) is 5.68. The van der Waals surface area contributed by atoms with E-state index < -0.39 is 0 Å². The van der Waals surface area contributed by atoms with Crippen LogP contribution in [0.3, 0.4) is 0 Å². The monoisotopic (exact) mass is 273 g/mol. The zero-order valence-corrected chi connectivity index (χ0v) is 13.3. The van der Waals surface area contributed by atoms with E-state index in [2.05, 4.69) is 61.6 Å². The zero-order valence-electron chi connectivity index (χ0n) is 13.3. The summed E-state index contributed by atoms with van der Waals surface area (Å²) in [7, 11) is 0. The highest BCUT2D eigenvalue weighted by molar-refractivity contribution is 5.14. The van der Waals surface area contributed by atoms with Crippen LogP contribution in [0.2, 0.25) is 0 Å². The Morgan fingerprint density at radius 2 is 1.90 bits per heavy atom. The fourth-order valence-corrected chi connectivity index (χ4v) is 2.34. The molecule has 0 amide bonds. The molecule has 1 N–H and O–H groups in total. The lowest BCUT2D eigenvalue weighted by molar-refractivity contribution is 0.602. The van der Waals surface area contributed by atoms with Gasteiger partial charge in [0.1, 0.15) is 0 Å². The van der Waals surface area contributed by atoms with Gasteiger partial charge in [0.2, 0.25) is 0 Å². The second kappa shape index (κ2) is 11.7. The van der Waals surface area contributed by atoms with E-state index in [0.717, 1.165) is 13.1 Å². The van der Waals surface area contributed by atoms with E-state index >= 15 is 0 Å². The predicted octanol–water partition coefficient (Wildman–Crippen LogP) is 4.98. The van der Waals surface area contributed by atoms with Crippen LogP contribution in [0.4, 0.5) is 0 Å². The Morgan fingerprint density at radius 1 is 1.10 bits per heavy atom. The van der Waals surface area contributed by atoms with Gasteiger partial charge in [-0.15, -0.1) is 0 Å². The molecule has 0 fully saturated rings. The minimum atomic E-state index is 0.710. The van der Waals surface area contributed by atoms with E-state index in [-0.39, 0.29) is 0 Å². The number of unbranched alkanes of at least 4 members (excludes halogenated alkanes) is 1. The highest BCUT2D eigenvalue weighted by atomic mass is 14.8. The predicted molar refractivity (Wildman–Crippen MR) is 90.1 cm³/mol. The fraction of sp³-hybridized carbons (Fsp3) is 0.579. The number of hydrogen-bond acceptors (Lipinski definition) is 1. The van der Waals surface area contributed by atoms with Crippen molar-refractivity contribution in [1.82, 2.24) is 5.32 Å². The summed E-state index contributed by atoms with van der Waals surface area (Å²) in [5.74, 6) is 0.710. The molecule has 0 aromatic heterocycles. The van der Waals surface area contributed by atoms with Crippen molar-refractivity contribution in [1.29, 1.82) is 0 Å². The molecule has 0 aliphatic carbocycles. The summed E-state index contributed by atoms with van der Waals surface area (Å²) in [5, 5.41) is 3.44. The van der Waals surface area contributed by atoms with Crippen molar-refractivity contribution in [2.24, 2.45) is 5.92 Å². The fourth-order valence-electron chi connectivity index (χ4n) is 2.34. The van der Waals surface area contributed by atoms with Gasteiger partial charge in [0.15, 0.2) is 0 Å². The van der Waals surface area contributed by atoms with Crippen LogP contribution < -0.4 is 5.32 Å². The number of nitrogens with one attached hydrogen (secondary N) is 1. The van der Waals surface area contributed by atoms with Crippen molar-refractivity contribution in [3.63, 3.8) is 0 Å². The summed E-state index contributed by atoms with van der Waals surface area (Å²) in [6, 6.07) is 10.8. The summed E-state index contributed by atoms with van der Waals surface area (Å²) >= 11 is 0. The normalized spacial score (nSPS) is 12.9. The molecule has 0 aliphatic rings. The maximum Gasteiger partial charge on any atom is -0.00460 e. The van der Waals surface area contributed by atoms with Crippen LogP contribution in [0, 0.1) is 5.92 Å². The average molecular weight is 273 g/mol. The topological polar surface area (TPSA) is 12.0 Å². The van der Waals surface area contributed by atoms with Crippen LogP contribution in [0.1, 0.15) is 51.5 Å². The number of rotatable bonds is 11. The first-order chi connectivity index (χ1) is 9.83. The molecule has 0 heterocycles. The van der Waals surface area contributed by atoms with Crippen LogP contribution in [0.5, 0.6) is 0 Å². The van der Waals surface area contributed by atoms with Crippen LogP contribution in [-0.2, 0) is 6.42 Å². The van der Waals surface area contributed by atoms with Crippen LogP contribution in [0.15, 0.2) is 42.5 Å². The van der Waals surface area contributed by atoms with E-state index in [4.69, 9.17) is 0 Å². The summed E-state index contributed by atoms with van der Waals surface area (Å²) < 4.78 is 0. The average Bonchev–Trinajstić information content (AvgIpc) is 2.47. The minimum absolute atomic E-state index is 0.710. The number of benzene rings is 1. The minimum Gasteiger partial charge on any atom is -0.317 e. The molecular formula is C19H31N. The zero-order chi connectivity index (χ0) is 14.5. The van der Waals surface area contributed by atoms with Gasteiger partial charge in [0.25, 0.3) is 0 Å². The van der Waals surface area contributed by atoms with Gasteiger partial charge in [-0.1, -0.05) is 56.3 Å². The summed E-state index contributed by atoms with van der Waals surface area (Å²) in [6.45, 7) is 6.85. The van der Waals surface area contributed by atoms with Crippen LogP contribution in [0.25, 0.3) is 0 Å². The molecule has 0 saturated carbocycles. The first-order valence-corrected chi connectivity index (χ1v) is 8.24. The number of hydrogen-bond donors (Lipinski definition) is 1. The molecule has 0 saturated heterocycles. The Morgan fingerprint density at radius 3 is 2.65 bits per heavy atom. The number of aryl methyl sites for hydroxylation is 1. The summed E-state index contributed by atoms with van der Waals surface area (Å²) in [6.07, 6.45) is 12.2. The molecule has 0 bridgehead atoms.